The molecular weight excluding hydrogens is 316 g/mol. The highest BCUT2D eigenvalue weighted by Crippen LogP contribution is 2.34. The second-order valence-corrected chi connectivity index (χ2v) is 6.31. The van der Waals surface area contributed by atoms with E-state index in [-0.39, 0.29) is 0 Å². The van der Waals surface area contributed by atoms with Gasteiger partial charge in [-0.3, -0.25) is 9.48 Å². The minimum absolute atomic E-state index is 0.473. The number of rotatable bonds is 4. The van der Waals surface area contributed by atoms with E-state index in [0.717, 1.165) is 34.9 Å². The largest absolute Gasteiger partial charge is 0.298 e. The molecule has 0 aliphatic heterocycles. The molecule has 1 saturated carbocycles. The van der Waals surface area contributed by atoms with Crippen LogP contribution in [0.5, 0.6) is 0 Å². The van der Waals surface area contributed by atoms with Gasteiger partial charge in [0.1, 0.15) is 0 Å². The summed E-state index contributed by atoms with van der Waals surface area (Å²) in [6, 6.07) is 8.19. The summed E-state index contributed by atoms with van der Waals surface area (Å²) in [4.78, 5) is 11.2. The summed E-state index contributed by atoms with van der Waals surface area (Å²) in [6.07, 6.45) is 7.65. The van der Waals surface area contributed by atoms with Crippen LogP contribution in [0.3, 0.4) is 0 Å². The third kappa shape index (κ3) is 2.85. The Morgan fingerprint density at radius 2 is 1.95 bits per heavy atom. The number of carbonyl (C=O) groups excluding carboxylic acids is 1. The lowest BCUT2D eigenvalue weighted by Gasteiger charge is -2.06. The quantitative estimate of drug-likeness (QED) is 0.788. The van der Waals surface area contributed by atoms with Crippen molar-refractivity contribution in [2.45, 2.75) is 38.1 Å². The van der Waals surface area contributed by atoms with Crippen molar-refractivity contribution < 1.29 is 4.79 Å². The van der Waals surface area contributed by atoms with Gasteiger partial charge in [-0.2, -0.15) is 5.10 Å². The standard InChI is InChI=1S/C16H17BrN2O/c17-15-7-5-12(6-8-15)9-19-10-14(11-20)16(18-19)13-3-1-2-4-13/h5-8,10-11,13H,1-4,9H2. The predicted molar refractivity (Wildman–Crippen MR) is 82.1 cm³/mol. The highest BCUT2D eigenvalue weighted by molar-refractivity contribution is 9.10. The monoisotopic (exact) mass is 332 g/mol. The maximum Gasteiger partial charge on any atom is 0.153 e. The first-order valence-electron chi connectivity index (χ1n) is 7.03. The summed E-state index contributed by atoms with van der Waals surface area (Å²) in [6.45, 7) is 0.709. The Morgan fingerprint density at radius 1 is 1.25 bits per heavy atom. The molecule has 2 aromatic rings. The summed E-state index contributed by atoms with van der Waals surface area (Å²) in [7, 11) is 0. The lowest BCUT2D eigenvalue weighted by atomic mass is 10.0. The molecule has 3 nitrogen and oxygen atoms in total. The molecule has 104 valence electrons. The number of aldehydes is 1. The van der Waals surface area contributed by atoms with E-state index < -0.39 is 0 Å². The minimum atomic E-state index is 0.473. The van der Waals surface area contributed by atoms with E-state index in [1.54, 1.807) is 0 Å². The van der Waals surface area contributed by atoms with Crippen LogP contribution in [-0.2, 0) is 6.54 Å². The van der Waals surface area contributed by atoms with Crippen LogP contribution in [0.4, 0.5) is 0 Å². The van der Waals surface area contributed by atoms with Gasteiger partial charge in [0.05, 0.1) is 17.8 Å². The Kier molecular flexibility index (Phi) is 4.01. The van der Waals surface area contributed by atoms with E-state index in [4.69, 9.17) is 0 Å². The van der Waals surface area contributed by atoms with E-state index in [2.05, 4.69) is 33.2 Å². The second kappa shape index (κ2) is 5.92. The van der Waals surface area contributed by atoms with E-state index in [0.29, 0.717) is 12.5 Å². The van der Waals surface area contributed by atoms with E-state index in [1.165, 1.54) is 18.4 Å². The van der Waals surface area contributed by atoms with Crippen LogP contribution in [0.1, 0.15) is 53.2 Å². The maximum atomic E-state index is 11.2. The Morgan fingerprint density at radius 3 is 2.60 bits per heavy atom. The second-order valence-electron chi connectivity index (χ2n) is 5.39. The van der Waals surface area contributed by atoms with Crippen molar-refractivity contribution in [2.24, 2.45) is 0 Å². The van der Waals surface area contributed by atoms with Gasteiger partial charge in [-0.05, 0) is 30.5 Å². The van der Waals surface area contributed by atoms with Gasteiger partial charge in [0.15, 0.2) is 6.29 Å². The minimum Gasteiger partial charge on any atom is -0.298 e. The first-order chi connectivity index (χ1) is 9.76. The fourth-order valence-corrected chi connectivity index (χ4v) is 3.18. The molecule has 0 radical (unpaired) electrons. The van der Waals surface area contributed by atoms with Gasteiger partial charge in [-0.1, -0.05) is 40.9 Å². The number of aromatic nitrogens is 2. The summed E-state index contributed by atoms with van der Waals surface area (Å²) in [5.41, 5.74) is 2.94. The number of carbonyl (C=O) groups is 1. The number of benzene rings is 1. The van der Waals surface area contributed by atoms with Gasteiger partial charge in [0, 0.05) is 16.6 Å². The zero-order chi connectivity index (χ0) is 13.9. The van der Waals surface area contributed by atoms with Gasteiger partial charge >= 0.3 is 0 Å². The lowest BCUT2D eigenvalue weighted by molar-refractivity contribution is 0.112. The van der Waals surface area contributed by atoms with Crippen molar-refractivity contribution in [3.05, 3.63) is 51.8 Å². The average Bonchev–Trinajstić information content (AvgIpc) is 3.10. The highest BCUT2D eigenvalue weighted by Gasteiger charge is 2.23. The molecule has 20 heavy (non-hydrogen) atoms. The molecule has 1 aromatic heterocycles. The molecule has 0 bridgehead atoms. The molecule has 1 heterocycles. The van der Waals surface area contributed by atoms with Gasteiger partial charge in [-0.25, -0.2) is 0 Å². The smallest absolute Gasteiger partial charge is 0.153 e. The Bertz CT molecular complexity index is 597. The van der Waals surface area contributed by atoms with Crippen molar-refractivity contribution in [1.29, 1.82) is 0 Å². The molecule has 0 amide bonds. The van der Waals surface area contributed by atoms with Gasteiger partial charge < -0.3 is 0 Å². The number of hydrogen-bond donors (Lipinski definition) is 0. The predicted octanol–water partition coefficient (Wildman–Crippen LogP) is 4.16. The molecular formula is C16H17BrN2O. The van der Waals surface area contributed by atoms with E-state index in [1.807, 2.05) is 23.0 Å². The molecule has 0 spiro atoms. The molecule has 1 aliphatic carbocycles. The number of hydrogen-bond acceptors (Lipinski definition) is 2. The van der Waals surface area contributed by atoms with Crippen LogP contribution in [0, 0.1) is 0 Å². The Hall–Kier alpha value is -1.42. The van der Waals surface area contributed by atoms with Crippen molar-refractivity contribution in [3.8, 4) is 0 Å². The third-order valence-electron chi connectivity index (χ3n) is 3.95. The molecule has 1 aromatic carbocycles. The maximum absolute atomic E-state index is 11.2. The van der Waals surface area contributed by atoms with Crippen molar-refractivity contribution >= 4 is 22.2 Å². The lowest BCUT2D eigenvalue weighted by Crippen LogP contribution is -2.02. The van der Waals surface area contributed by atoms with Gasteiger partial charge in [0.2, 0.25) is 0 Å². The van der Waals surface area contributed by atoms with E-state index in [9.17, 15) is 4.79 Å². The SMILES string of the molecule is O=Cc1cn(Cc2ccc(Br)cc2)nc1C1CCCC1. The molecule has 1 fully saturated rings. The van der Waals surface area contributed by atoms with Gasteiger partial charge in [0.25, 0.3) is 0 Å². The first kappa shape index (κ1) is 13.6. The molecule has 0 N–H and O–H groups in total. The number of nitrogens with zero attached hydrogens (tertiary/aromatic N) is 2. The van der Waals surface area contributed by atoms with Crippen LogP contribution < -0.4 is 0 Å². The van der Waals surface area contributed by atoms with Crippen LogP contribution >= 0.6 is 15.9 Å². The fourth-order valence-electron chi connectivity index (χ4n) is 2.92. The zero-order valence-corrected chi connectivity index (χ0v) is 12.8. The molecule has 0 atom stereocenters. The molecule has 0 saturated heterocycles. The van der Waals surface area contributed by atoms with Crippen LogP contribution in [0.2, 0.25) is 0 Å². The van der Waals surface area contributed by atoms with Crippen LogP contribution in [-0.4, -0.2) is 16.1 Å². The molecule has 3 rings (SSSR count). The first-order valence-corrected chi connectivity index (χ1v) is 7.82. The topological polar surface area (TPSA) is 34.9 Å². The molecule has 1 aliphatic rings. The average molecular weight is 333 g/mol. The number of halogens is 1. The van der Waals surface area contributed by atoms with Crippen molar-refractivity contribution in [3.63, 3.8) is 0 Å². The van der Waals surface area contributed by atoms with Gasteiger partial charge in [-0.15, -0.1) is 0 Å². The van der Waals surface area contributed by atoms with E-state index >= 15 is 0 Å². The summed E-state index contributed by atoms with van der Waals surface area (Å²) in [5.74, 6) is 0.473. The normalized spacial score (nSPS) is 15.7. The molecule has 0 unspecified atom stereocenters. The Balaban J connectivity index is 1.83. The fraction of sp³-hybridized carbons (Fsp3) is 0.375. The highest BCUT2D eigenvalue weighted by atomic mass is 79.9. The van der Waals surface area contributed by atoms with Crippen molar-refractivity contribution in [2.75, 3.05) is 0 Å². The summed E-state index contributed by atoms with van der Waals surface area (Å²) >= 11 is 3.43. The van der Waals surface area contributed by atoms with Crippen LogP contribution in [0.15, 0.2) is 34.9 Å². The summed E-state index contributed by atoms with van der Waals surface area (Å²) < 4.78 is 2.96. The zero-order valence-electron chi connectivity index (χ0n) is 11.3. The Labute approximate surface area is 127 Å². The summed E-state index contributed by atoms with van der Waals surface area (Å²) in [5, 5.41) is 4.65. The third-order valence-corrected chi connectivity index (χ3v) is 4.48. The van der Waals surface area contributed by atoms with Crippen molar-refractivity contribution in [1.82, 2.24) is 9.78 Å². The van der Waals surface area contributed by atoms with Crippen LogP contribution in [0.25, 0.3) is 0 Å². The molecule has 4 heteroatoms.